The van der Waals surface area contributed by atoms with Crippen LogP contribution >= 0.6 is 0 Å². The summed E-state index contributed by atoms with van der Waals surface area (Å²) in [6, 6.07) is 2.01. The van der Waals surface area contributed by atoms with E-state index in [4.69, 9.17) is 4.74 Å². The lowest BCUT2D eigenvalue weighted by atomic mass is 10.2. The van der Waals surface area contributed by atoms with E-state index in [9.17, 15) is 13.6 Å². The maximum Gasteiger partial charge on any atom is 0.341 e. The molecule has 3 nitrogen and oxygen atoms in total. The van der Waals surface area contributed by atoms with Crippen molar-refractivity contribution in [1.82, 2.24) is 0 Å². The normalized spacial score (nSPS) is 10.0. The Balaban J connectivity index is 3.12. The standard InChI is InChI=1S/C11H12F2O3/c1-3-15-10-8(12)6-5-7(9(10)13)11(14)16-4-2/h5-6H,3-4H2,1-2H3. The van der Waals surface area contributed by atoms with E-state index < -0.39 is 23.4 Å². The van der Waals surface area contributed by atoms with Gasteiger partial charge in [0.15, 0.2) is 17.4 Å². The summed E-state index contributed by atoms with van der Waals surface area (Å²) in [5.41, 5.74) is -0.327. The number of rotatable bonds is 4. The molecular formula is C11H12F2O3. The molecule has 0 aromatic heterocycles. The minimum atomic E-state index is -1.03. The summed E-state index contributed by atoms with van der Waals surface area (Å²) in [7, 11) is 0. The third kappa shape index (κ3) is 2.48. The topological polar surface area (TPSA) is 35.5 Å². The Labute approximate surface area is 92.0 Å². The van der Waals surface area contributed by atoms with Gasteiger partial charge in [-0.2, -0.15) is 0 Å². The number of hydrogen-bond acceptors (Lipinski definition) is 3. The Morgan fingerprint density at radius 2 is 1.94 bits per heavy atom. The van der Waals surface area contributed by atoms with Crippen LogP contribution in [0, 0.1) is 11.6 Å². The quantitative estimate of drug-likeness (QED) is 0.745. The van der Waals surface area contributed by atoms with Crippen LogP contribution in [0.4, 0.5) is 8.78 Å². The first-order chi connectivity index (χ1) is 7.61. The predicted octanol–water partition coefficient (Wildman–Crippen LogP) is 2.54. The van der Waals surface area contributed by atoms with Crippen molar-refractivity contribution in [2.24, 2.45) is 0 Å². The molecule has 0 heterocycles. The van der Waals surface area contributed by atoms with Crippen molar-refractivity contribution in [2.45, 2.75) is 13.8 Å². The summed E-state index contributed by atoms with van der Waals surface area (Å²) in [5.74, 6) is -3.25. The monoisotopic (exact) mass is 230 g/mol. The first kappa shape index (κ1) is 12.4. The average Bonchev–Trinajstić information content (AvgIpc) is 2.24. The zero-order valence-corrected chi connectivity index (χ0v) is 9.05. The third-order valence-electron chi connectivity index (χ3n) is 1.83. The summed E-state index contributed by atoms with van der Waals surface area (Å²) >= 11 is 0. The van der Waals surface area contributed by atoms with Crippen molar-refractivity contribution >= 4 is 5.97 Å². The fourth-order valence-corrected chi connectivity index (χ4v) is 1.18. The van der Waals surface area contributed by atoms with E-state index in [2.05, 4.69) is 4.74 Å². The number of ether oxygens (including phenoxy) is 2. The summed E-state index contributed by atoms with van der Waals surface area (Å²) in [5, 5.41) is 0. The Kier molecular flexibility index (Phi) is 4.22. The van der Waals surface area contributed by atoms with E-state index in [1.807, 2.05) is 0 Å². The van der Waals surface area contributed by atoms with Crippen LogP contribution in [-0.2, 0) is 4.74 Å². The molecule has 0 saturated carbocycles. The second-order valence-corrected chi connectivity index (χ2v) is 2.89. The fraction of sp³-hybridized carbons (Fsp3) is 0.364. The van der Waals surface area contributed by atoms with E-state index in [-0.39, 0.29) is 18.8 Å². The van der Waals surface area contributed by atoms with Crippen molar-refractivity contribution in [3.8, 4) is 5.75 Å². The zero-order valence-electron chi connectivity index (χ0n) is 9.05. The molecule has 88 valence electrons. The van der Waals surface area contributed by atoms with Gasteiger partial charge in [0, 0.05) is 0 Å². The van der Waals surface area contributed by atoms with Crippen molar-refractivity contribution < 1.29 is 23.0 Å². The van der Waals surface area contributed by atoms with Crippen molar-refractivity contribution in [3.05, 3.63) is 29.3 Å². The lowest BCUT2D eigenvalue weighted by Gasteiger charge is -2.09. The number of carbonyl (C=O) groups is 1. The molecule has 0 bridgehead atoms. The van der Waals surface area contributed by atoms with Crippen LogP contribution in [0.1, 0.15) is 24.2 Å². The molecule has 5 heteroatoms. The summed E-state index contributed by atoms with van der Waals surface area (Å²) in [4.78, 5) is 11.3. The number of carbonyl (C=O) groups excluding carboxylic acids is 1. The lowest BCUT2D eigenvalue weighted by molar-refractivity contribution is 0.0519. The van der Waals surface area contributed by atoms with Gasteiger partial charge in [0.2, 0.25) is 0 Å². The Morgan fingerprint density at radius 3 is 2.50 bits per heavy atom. The van der Waals surface area contributed by atoms with Crippen LogP contribution in [0.5, 0.6) is 5.75 Å². The molecule has 0 amide bonds. The number of esters is 1. The molecule has 1 aromatic carbocycles. The van der Waals surface area contributed by atoms with Crippen LogP contribution in [0.25, 0.3) is 0 Å². The molecule has 0 aliphatic rings. The maximum absolute atomic E-state index is 13.6. The van der Waals surface area contributed by atoms with Gasteiger partial charge in [-0.3, -0.25) is 0 Å². The molecule has 1 rings (SSSR count). The molecule has 0 spiro atoms. The van der Waals surface area contributed by atoms with Gasteiger partial charge in [0.1, 0.15) is 0 Å². The summed E-state index contributed by atoms with van der Waals surface area (Å²) < 4.78 is 36.2. The van der Waals surface area contributed by atoms with Crippen LogP contribution in [-0.4, -0.2) is 19.2 Å². The van der Waals surface area contributed by atoms with E-state index in [0.717, 1.165) is 12.1 Å². The Bertz CT molecular complexity index is 391. The highest BCUT2D eigenvalue weighted by molar-refractivity contribution is 5.90. The van der Waals surface area contributed by atoms with Crippen molar-refractivity contribution in [2.75, 3.05) is 13.2 Å². The molecular weight excluding hydrogens is 218 g/mol. The van der Waals surface area contributed by atoms with Crippen LogP contribution in [0.15, 0.2) is 12.1 Å². The summed E-state index contributed by atoms with van der Waals surface area (Å²) in [6.07, 6.45) is 0. The number of hydrogen-bond donors (Lipinski definition) is 0. The van der Waals surface area contributed by atoms with E-state index in [1.54, 1.807) is 13.8 Å². The molecule has 0 fully saturated rings. The van der Waals surface area contributed by atoms with Gasteiger partial charge in [-0.15, -0.1) is 0 Å². The van der Waals surface area contributed by atoms with Crippen molar-refractivity contribution in [1.29, 1.82) is 0 Å². The predicted molar refractivity (Wildman–Crippen MR) is 53.5 cm³/mol. The van der Waals surface area contributed by atoms with E-state index >= 15 is 0 Å². The molecule has 0 radical (unpaired) electrons. The molecule has 0 aliphatic heterocycles. The second kappa shape index (κ2) is 5.44. The van der Waals surface area contributed by atoms with E-state index in [1.165, 1.54) is 0 Å². The first-order valence-corrected chi connectivity index (χ1v) is 4.89. The van der Waals surface area contributed by atoms with Crippen molar-refractivity contribution in [3.63, 3.8) is 0 Å². The van der Waals surface area contributed by atoms with Gasteiger partial charge in [-0.05, 0) is 26.0 Å². The van der Waals surface area contributed by atoms with Gasteiger partial charge in [-0.1, -0.05) is 0 Å². The largest absolute Gasteiger partial charge is 0.488 e. The molecule has 0 aliphatic carbocycles. The number of halogens is 2. The lowest BCUT2D eigenvalue weighted by Crippen LogP contribution is -2.09. The minimum absolute atomic E-state index is 0.111. The van der Waals surface area contributed by atoms with Gasteiger partial charge in [0.25, 0.3) is 0 Å². The van der Waals surface area contributed by atoms with E-state index in [0.29, 0.717) is 0 Å². The highest BCUT2D eigenvalue weighted by atomic mass is 19.1. The average molecular weight is 230 g/mol. The summed E-state index contributed by atoms with van der Waals surface area (Å²) in [6.45, 7) is 3.43. The molecule has 0 unspecified atom stereocenters. The van der Waals surface area contributed by atoms with Gasteiger partial charge >= 0.3 is 5.97 Å². The second-order valence-electron chi connectivity index (χ2n) is 2.89. The molecule has 0 atom stereocenters. The van der Waals surface area contributed by atoms with Crippen LogP contribution in [0.3, 0.4) is 0 Å². The van der Waals surface area contributed by atoms with Crippen LogP contribution < -0.4 is 4.74 Å². The fourth-order valence-electron chi connectivity index (χ4n) is 1.18. The molecule has 16 heavy (non-hydrogen) atoms. The Morgan fingerprint density at radius 1 is 1.25 bits per heavy atom. The molecule has 0 N–H and O–H groups in total. The maximum atomic E-state index is 13.6. The number of benzene rings is 1. The Hall–Kier alpha value is -1.65. The van der Waals surface area contributed by atoms with Gasteiger partial charge < -0.3 is 9.47 Å². The third-order valence-corrected chi connectivity index (χ3v) is 1.83. The van der Waals surface area contributed by atoms with Gasteiger partial charge in [-0.25, -0.2) is 13.6 Å². The highest BCUT2D eigenvalue weighted by Gasteiger charge is 2.20. The molecule has 0 saturated heterocycles. The van der Waals surface area contributed by atoms with Crippen LogP contribution in [0.2, 0.25) is 0 Å². The highest BCUT2D eigenvalue weighted by Crippen LogP contribution is 2.25. The van der Waals surface area contributed by atoms with Gasteiger partial charge in [0.05, 0.1) is 18.8 Å². The molecule has 1 aromatic rings. The first-order valence-electron chi connectivity index (χ1n) is 4.89. The zero-order chi connectivity index (χ0) is 12.1. The minimum Gasteiger partial charge on any atom is -0.488 e. The smallest absolute Gasteiger partial charge is 0.341 e. The SMILES string of the molecule is CCOC(=O)c1ccc(F)c(OCC)c1F.